The molecule has 0 aliphatic carbocycles. The van der Waals surface area contributed by atoms with Gasteiger partial charge in [-0.05, 0) is 31.5 Å². The van der Waals surface area contributed by atoms with Crippen LogP contribution in [-0.2, 0) is 14.4 Å². The van der Waals surface area contributed by atoms with Crippen molar-refractivity contribution in [3.05, 3.63) is 59.5 Å². The molecule has 1 heterocycles. The second kappa shape index (κ2) is 11.6. The summed E-state index contributed by atoms with van der Waals surface area (Å²) in [5.41, 5.74) is 2.44. The van der Waals surface area contributed by atoms with E-state index in [0.717, 1.165) is 21.0 Å². The van der Waals surface area contributed by atoms with Gasteiger partial charge in [-0.3, -0.25) is 14.4 Å². The molecule has 1 aromatic heterocycles. The van der Waals surface area contributed by atoms with Gasteiger partial charge in [0, 0.05) is 27.4 Å². The fourth-order valence-corrected chi connectivity index (χ4v) is 4.93. The minimum absolute atomic E-state index is 0.0924. The van der Waals surface area contributed by atoms with Crippen molar-refractivity contribution in [1.82, 2.24) is 4.98 Å². The molecule has 0 radical (unpaired) electrons. The zero-order valence-electron chi connectivity index (χ0n) is 18.3. The van der Waals surface area contributed by atoms with Crippen LogP contribution in [0.15, 0.2) is 59.5 Å². The fraction of sp³-hybridized carbons (Fsp3) is 0.250. The maximum absolute atomic E-state index is 12.9. The predicted octanol–water partition coefficient (Wildman–Crippen LogP) is 5.43. The first-order valence-corrected chi connectivity index (χ1v) is 12.2. The third kappa shape index (κ3) is 7.16. The average molecular weight is 484 g/mol. The topological polar surface area (TPSA) is 108 Å². The van der Waals surface area contributed by atoms with Crippen LogP contribution in [0.4, 0.5) is 10.8 Å². The van der Waals surface area contributed by atoms with Crippen LogP contribution in [0.5, 0.6) is 0 Å². The number of hydrogen-bond donors (Lipinski definition) is 3. The van der Waals surface area contributed by atoms with Crippen LogP contribution in [0, 0.1) is 6.92 Å². The second-order valence-electron chi connectivity index (χ2n) is 7.26. The molecule has 172 valence electrons. The highest BCUT2D eigenvalue weighted by Crippen LogP contribution is 2.32. The summed E-state index contributed by atoms with van der Waals surface area (Å²) in [5, 5.41) is 14.6. The lowest BCUT2D eigenvalue weighted by Crippen LogP contribution is -2.24. The maximum Gasteiger partial charge on any atom is 0.303 e. The van der Waals surface area contributed by atoms with Crippen molar-refractivity contribution in [3.63, 3.8) is 0 Å². The molecule has 3 rings (SSSR count). The SMILES string of the molecule is CCC(Sc1cccc(NC(=O)CCC(=O)O)c1)C(=O)Nc1nc(-c2ccccc2)c(C)s1. The van der Waals surface area contributed by atoms with Crippen LogP contribution in [-0.4, -0.2) is 33.1 Å². The number of anilines is 2. The van der Waals surface area contributed by atoms with Gasteiger partial charge in [0.2, 0.25) is 11.8 Å². The van der Waals surface area contributed by atoms with Gasteiger partial charge in [-0.2, -0.15) is 0 Å². The molecule has 3 aromatic rings. The monoisotopic (exact) mass is 483 g/mol. The minimum atomic E-state index is -1.02. The van der Waals surface area contributed by atoms with Crippen molar-refractivity contribution in [1.29, 1.82) is 0 Å². The molecule has 33 heavy (non-hydrogen) atoms. The largest absolute Gasteiger partial charge is 0.481 e. The normalized spacial score (nSPS) is 11.6. The first kappa shape index (κ1) is 24.5. The van der Waals surface area contributed by atoms with E-state index in [4.69, 9.17) is 5.11 Å². The third-order valence-corrected chi connectivity index (χ3v) is 6.94. The Bertz CT molecular complexity index is 1130. The zero-order valence-corrected chi connectivity index (χ0v) is 20.0. The molecule has 3 N–H and O–H groups in total. The molecule has 1 unspecified atom stereocenters. The number of carbonyl (C=O) groups excluding carboxylic acids is 2. The van der Waals surface area contributed by atoms with E-state index in [2.05, 4.69) is 15.6 Å². The summed E-state index contributed by atoms with van der Waals surface area (Å²) in [6.07, 6.45) is 0.299. The summed E-state index contributed by atoms with van der Waals surface area (Å²) in [7, 11) is 0. The number of carboxylic acid groups (broad SMARTS) is 1. The van der Waals surface area contributed by atoms with Gasteiger partial charge in [-0.15, -0.1) is 23.1 Å². The van der Waals surface area contributed by atoms with Gasteiger partial charge in [0.1, 0.15) is 0 Å². The highest BCUT2D eigenvalue weighted by molar-refractivity contribution is 8.00. The van der Waals surface area contributed by atoms with E-state index in [0.29, 0.717) is 17.2 Å². The Morgan fingerprint density at radius 3 is 2.52 bits per heavy atom. The number of rotatable bonds is 10. The van der Waals surface area contributed by atoms with E-state index in [1.807, 2.05) is 50.2 Å². The number of thioether (sulfide) groups is 1. The fourth-order valence-electron chi connectivity index (χ4n) is 3.08. The molecule has 0 bridgehead atoms. The van der Waals surface area contributed by atoms with Crippen molar-refractivity contribution in [2.75, 3.05) is 10.6 Å². The summed E-state index contributed by atoms with van der Waals surface area (Å²) in [6.45, 7) is 3.93. The standard InChI is InChI=1S/C24H25N3O4S2/c1-3-19(33-18-11-7-10-17(14-18)25-20(28)12-13-21(29)30)23(31)27-24-26-22(15(2)32-24)16-8-5-4-6-9-16/h4-11,14,19H,3,12-13H2,1-2H3,(H,25,28)(H,29,30)(H,26,27,31). The summed E-state index contributed by atoms with van der Waals surface area (Å²) in [4.78, 5) is 41.9. The van der Waals surface area contributed by atoms with Crippen molar-refractivity contribution in [2.24, 2.45) is 0 Å². The second-order valence-corrected chi connectivity index (χ2v) is 9.74. The third-order valence-electron chi connectivity index (χ3n) is 4.70. The molecule has 2 aromatic carbocycles. The minimum Gasteiger partial charge on any atom is -0.481 e. The number of hydrogen-bond acceptors (Lipinski definition) is 6. The molecule has 0 saturated carbocycles. The molecule has 7 nitrogen and oxygen atoms in total. The Kier molecular flexibility index (Phi) is 8.62. The number of carboxylic acids is 1. The van der Waals surface area contributed by atoms with Crippen LogP contribution >= 0.6 is 23.1 Å². The van der Waals surface area contributed by atoms with Gasteiger partial charge >= 0.3 is 5.97 Å². The molecule has 0 saturated heterocycles. The van der Waals surface area contributed by atoms with Crippen LogP contribution < -0.4 is 10.6 Å². The Morgan fingerprint density at radius 1 is 1.06 bits per heavy atom. The van der Waals surface area contributed by atoms with E-state index in [1.54, 1.807) is 18.2 Å². The van der Waals surface area contributed by atoms with Gasteiger partial charge in [-0.25, -0.2) is 4.98 Å². The smallest absolute Gasteiger partial charge is 0.303 e. The number of aromatic nitrogens is 1. The molecule has 2 amide bonds. The van der Waals surface area contributed by atoms with Crippen molar-refractivity contribution >= 4 is 51.7 Å². The first-order chi connectivity index (χ1) is 15.9. The van der Waals surface area contributed by atoms with Crippen molar-refractivity contribution < 1.29 is 19.5 Å². The predicted molar refractivity (Wildman–Crippen MR) is 133 cm³/mol. The number of benzene rings is 2. The molecule has 0 fully saturated rings. The van der Waals surface area contributed by atoms with Crippen LogP contribution in [0.3, 0.4) is 0 Å². The van der Waals surface area contributed by atoms with Gasteiger partial charge in [0.25, 0.3) is 0 Å². The summed E-state index contributed by atoms with van der Waals surface area (Å²) in [6, 6.07) is 17.0. The van der Waals surface area contributed by atoms with E-state index in [9.17, 15) is 14.4 Å². The highest BCUT2D eigenvalue weighted by atomic mass is 32.2. The number of aryl methyl sites for hydroxylation is 1. The van der Waals surface area contributed by atoms with Gasteiger partial charge < -0.3 is 15.7 Å². The van der Waals surface area contributed by atoms with E-state index in [1.165, 1.54) is 23.1 Å². The number of aliphatic carboxylic acids is 1. The van der Waals surface area contributed by atoms with E-state index >= 15 is 0 Å². The number of amides is 2. The van der Waals surface area contributed by atoms with E-state index < -0.39 is 5.97 Å². The first-order valence-electron chi connectivity index (χ1n) is 10.5. The maximum atomic E-state index is 12.9. The van der Waals surface area contributed by atoms with Gasteiger partial charge in [0.05, 0.1) is 17.4 Å². The summed E-state index contributed by atoms with van der Waals surface area (Å²) in [5.74, 6) is -1.51. The summed E-state index contributed by atoms with van der Waals surface area (Å²) < 4.78 is 0. The van der Waals surface area contributed by atoms with Crippen molar-refractivity contribution in [3.8, 4) is 11.3 Å². The highest BCUT2D eigenvalue weighted by Gasteiger charge is 2.20. The Labute approximate surface area is 200 Å². The molecule has 1 atom stereocenters. The number of nitrogens with one attached hydrogen (secondary N) is 2. The molecule has 0 aliphatic heterocycles. The van der Waals surface area contributed by atoms with Crippen LogP contribution in [0.25, 0.3) is 11.3 Å². The van der Waals surface area contributed by atoms with E-state index in [-0.39, 0.29) is 29.9 Å². The quantitative estimate of drug-likeness (QED) is 0.332. The van der Waals surface area contributed by atoms with Crippen molar-refractivity contribution in [2.45, 2.75) is 43.3 Å². The Hall–Kier alpha value is -3.17. The van der Waals surface area contributed by atoms with Gasteiger partial charge in [0.15, 0.2) is 5.13 Å². The summed E-state index contributed by atoms with van der Waals surface area (Å²) >= 11 is 2.85. The molecule has 0 aliphatic rings. The zero-order chi connectivity index (χ0) is 23.8. The number of thiazole rings is 1. The van der Waals surface area contributed by atoms with Crippen LogP contribution in [0.2, 0.25) is 0 Å². The molecular formula is C24H25N3O4S2. The lowest BCUT2D eigenvalue weighted by Gasteiger charge is -2.14. The average Bonchev–Trinajstić information content (AvgIpc) is 3.16. The molecule has 0 spiro atoms. The number of carbonyl (C=O) groups is 3. The lowest BCUT2D eigenvalue weighted by molar-refractivity contribution is -0.138. The van der Waals surface area contributed by atoms with Crippen LogP contribution in [0.1, 0.15) is 31.1 Å². The van der Waals surface area contributed by atoms with Gasteiger partial charge in [-0.1, -0.05) is 43.3 Å². The Balaban J connectivity index is 1.63. The number of nitrogens with zero attached hydrogens (tertiary/aromatic N) is 1. The molecule has 9 heteroatoms. The molecular weight excluding hydrogens is 458 g/mol. The lowest BCUT2D eigenvalue weighted by atomic mass is 10.1. The Morgan fingerprint density at radius 2 is 1.82 bits per heavy atom.